The van der Waals surface area contributed by atoms with Gasteiger partial charge in [0.15, 0.2) is 11.5 Å². The van der Waals surface area contributed by atoms with Crippen molar-refractivity contribution in [3.05, 3.63) is 93.9 Å². The average molecular weight is 574 g/mol. The van der Waals surface area contributed by atoms with Gasteiger partial charge in [0.05, 0.1) is 57.7 Å². The van der Waals surface area contributed by atoms with Crippen molar-refractivity contribution >= 4 is 16.7 Å². The summed E-state index contributed by atoms with van der Waals surface area (Å²) in [7, 11) is 4.47. The maximum Gasteiger partial charge on any atom is 0.338 e. The van der Waals surface area contributed by atoms with E-state index in [1.807, 2.05) is 54.6 Å². The van der Waals surface area contributed by atoms with E-state index < -0.39 is 12.1 Å². The van der Waals surface area contributed by atoms with Gasteiger partial charge in [0.25, 0.3) is 5.56 Å². The van der Waals surface area contributed by atoms with E-state index in [1.54, 1.807) is 12.1 Å². The number of hydrogen-bond donors (Lipinski definition) is 0. The minimum atomic E-state index is -0.675. The van der Waals surface area contributed by atoms with Crippen LogP contribution < -0.4 is 19.8 Å². The number of esters is 1. The van der Waals surface area contributed by atoms with Crippen molar-refractivity contribution in [3.8, 4) is 17.2 Å². The maximum atomic E-state index is 13.6. The van der Waals surface area contributed by atoms with Crippen LogP contribution in [0.2, 0.25) is 0 Å². The quantitative estimate of drug-likeness (QED) is 0.249. The summed E-state index contributed by atoms with van der Waals surface area (Å²) in [5.41, 5.74) is 1.86. The molecule has 3 aromatic carbocycles. The summed E-state index contributed by atoms with van der Waals surface area (Å²) in [6.07, 6.45) is -0.119. The lowest BCUT2D eigenvalue weighted by atomic mass is 10.0. The van der Waals surface area contributed by atoms with E-state index >= 15 is 0 Å². The summed E-state index contributed by atoms with van der Waals surface area (Å²) in [6, 6.07) is 20.6. The van der Waals surface area contributed by atoms with Crippen molar-refractivity contribution < 1.29 is 28.5 Å². The molecule has 5 rings (SSSR count). The number of fused-ring (bicyclic) bond motifs is 1. The smallest absolute Gasteiger partial charge is 0.338 e. The molecule has 220 valence electrons. The molecule has 0 spiro atoms. The highest BCUT2D eigenvalue weighted by molar-refractivity contribution is 5.91. The van der Waals surface area contributed by atoms with Gasteiger partial charge in [-0.25, -0.2) is 9.48 Å². The zero-order valence-corrected chi connectivity index (χ0v) is 24.1. The molecule has 2 heterocycles. The Morgan fingerprint density at radius 2 is 1.52 bits per heavy atom. The first-order valence-corrected chi connectivity index (χ1v) is 13.8. The molecule has 4 aromatic rings. The van der Waals surface area contributed by atoms with Gasteiger partial charge in [-0.3, -0.25) is 9.69 Å². The number of methoxy groups -OCH3 is 3. The predicted molar refractivity (Wildman–Crippen MR) is 158 cm³/mol. The van der Waals surface area contributed by atoms with E-state index in [1.165, 1.54) is 26.0 Å². The van der Waals surface area contributed by atoms with Crippen LogP contribution in [0.1, 0.15) is 21.6 Å². The number of carbonyl (C=O) groups excluding carboxylic acids is 1. The molecule has 0 bridgehead atoms. The fourth-order valence-corrected chi connectivity index (χ4v) is 5.16. The third kappa shape index (κ3) is 6.56. The molecular formula is C32H35N3O7. The molecule has 1 atom stereocenters. The zero-order chi connectivity index (χ0) is 29.5. The van der Waals surface area contributed by atoms with Gasteiger partial charge in [-0.1, -0.05) is 48.5 Å². The lowest BCUT2D eigenvalue weighted by Crippen LogP contribution is -2.44. The second-order valence-electron chi connectivity index (χ2n) is 10.00. The van der Waals surface area contributed by atoms with Crippen LogP contribution >= 0.6 is 0 Å². The Labute approximate surface area is 244 Å². The van der Waals surface area contributed by atoms with Crippen molar-refractivity contribution in [1.29, 1.82) is 0 Å². The Balaban J connectivity index is 1.49. The molecule has 1 aliphatic heterocycles. The molecule has 10 heteroatoms. The highest BCUT2D eigenvalue weighted by Gasteiger charge is 2.25. The second kappa shape index (κ2) is 13.5. The first-order valence-electron chi connectivity index (χ1n) is 13.8. The van der Waals surface area contributed by atoms with Gasteiger partial charge in [0.1, 0.15) is 6.10 Å². The topological polar surface area (TPSA) is 101 Å². The van der Waals surface area contributed by atoms with Crippen molar-refractivity contribution in [2.75, 3.05) is 54.2 Å². The van der Waals surface area contributed by atoms with Crippen LogP contribution in [0.4, 0.5) is 0 Å². The molecular weight excluding hydrogens is 538 g/mol. The molecule has 0 radical (unpaired) electrons. The van der Waals surface area contributed by atoms with Crippen molar-refractivity contribution in [3.63, 3.8) is 0 Å². The largest absolute Gasteiger partial charge is 0.493 e. The molecule has 0 amide bonds. The number of rotatable bonds is 11. The lowest BCUT2D eigenvalue weighted by molar-refractivity contribution is -0.00910. The molecule has 0 N–H and O–H groups in total. The molecule has 0 aliphatic carbocycles. The number of aromatic nitrogens is 2. The zero-order valence-electron chi connectivity index (χ0n) is 24.1. The highest BCUT2D eigenvalue weighted by atomic mass is 16.5. The molecule has 10 nitrogen and oxygen atoms in total. The molecule has 1 fully saturated rings. The van der Waals surface area contributed by atoms with Gasteiger partial charge in [-0.05, 0) is 23.8 Å². The minimum Gasteiger partial charge on any atom is -0.493 e. The molecule has 42 heavy (non-hydrogen) atoms. The molecule has 1 aromatic heterocycles. The summed E-state index contributed by atoms with van der Waals surface area (Å²) in [6.45, 7) is 3.05. The van der Waals surface area contributed by atoms with Gasteiger partial charge in [0, 0.05) is 31.4 Å². The van der Waals surface area contributed by atoms with Crippen LogP contribution in [-0.2, 0) is 22.4 Å². The van der Waals surface area contributed by atoms with E-state index in [0.717, 1.165) is 16.6 Å². The summed E-state index contributed by atoms with van der Waals surface area (Å²) >= 11 is 0. The van der Waals surface area contributed by atoms with E-state index in [4.69, 9.17) is 28.8 Å². The molecule has 0 saturated carbocycles. The van der Waals surface area contributed by atoms with Crippen LogP contribution in [0, 0.1) is 0 Å². The van der Waals surface area contributed by atoms with Gasteiger partial charge >= 0.3 is 5.97 Å². The number of hydrogen-bond acceptors (Lipinski definition) is 9. The average Bonchev–Trinajstić information content (AvgIpc) is 3.03. The summed E-state index contributed by atoms with van der Waals surface area (Å²) < 4.78 is 29.2. The number of ether oxygens (including phenoxy) is 5. The van der Waals surface area contributed by atoms with Crippen LogP contribution in [-0.4, -0.2) is 80.9 Å². The van der Waals surface area contributed by atoms with E-state index in [2.05, 4.69) is 4.90 Å². The monoisotopic (exact) mass is 573 g/mol. The summed E-state index contributed by atoms with van der Waals surface area (Å²) in [5.74, 6) is 0.475. The fourth-order valence-electron chi connectivity index (χ4n) is 5.16. The maximum absolute atomic E-state index is 13.6. The summed E-state index contributed by atoms with van der Waals surface area (Å²) in [5, 5.41) is 6.18. The van der Waals surface area contributed by atoms with Crippen LogP contribution in [0.3, 0.4) is 0 Å². The first-order chi connectivity index (χ1) is 20.5. The normalized spacial score (nSPS) is 14.4. The predicted octanol–water partition coefficient (Wildman–Crippen LogP) is 3.57. The number of benzene rings is 3. The minimum absolute atomic E-state index is 0.0823. The van der Waals surface area contributed by atoms with Crippen LogP contribution in [0.5, 0.6) is 17.2 Å². The number of nitrogens with zero attached hydrogens (tertiary/aromatic N) is 3. The number of carbonyl (C=O) groups is 1. The fraction of sp³-hybridized carbons (Fsp3) is 0.344. The van der Waals surface area contributed by atoms with Crippen LogP contribution in [0.15, 0.2) is 71.5 Å². The first kappa shape index (κ1) is 29.1. The van der Waals surface area contributed by atoms with Gasteiger partial charge < -0.3 is 23.7 Å². The molecule has 1 saturated heterocycles. The van der Waals surface area contributed by atoms with E-state index in [0.29, 0.717) is 61.9 Å². The highest BCUT2D eigenvalue weighted by Crippen LogP contribution is 2.38. The third-order valence-corrected chi connectivity index (χ3v) is 7.27. The van der Waals surface area contributed by atoms with Crippen molar-refractivity contribution in [1.82, 2.24) is 14.7 Å². The SMILES string of the molecule is COc1cc(C(=O)OC(CN2CCOCC2)Cn2nc(Cc3ccccc3)c3ccccc3c2=O)cc(OC)c1OC. The van der Waals surface area contributed by atoms with Gasteiger partial charge in [-0.2, -0.15) is 5.10 Å². The summed E-state index contributed by atoms with van der Waals surface area (Å²) in [4.78, 5) is 29.3. The molecule has 1 unspecified atom stereocenters. The van der Waals surface area contributed by atoms with Crippen molar-refractivity contribution in [2.45, 2.75) is 19.1 Å². The Kier molecular flexibility index (Phi) is 9.35. The van der Waals surface area contributed by atoms with E-state index in [9.17, 15) is 9.59 Å². The Morgan fingerprint density at radius 1 is 0.881 bits per heavy atom. The van der Waals surface area contributed by atoms with Crippen LogP contribution in [0.25, 0.3) is 10.8 Å². The number of morpholine rings is 1. The van der Waals surface area contributed by atoms with Crippen molar-refractivity contribution in [2.24, 2.45) is 0 Å². The molecule has 1 aliphatic rings. The Bertz CT molecular complexity index is 1560. The Morgan fingerprint density at radius 3 is 2.17 bits per heavy atom. The third-order valence-electron chi connectivity index (χ3n) is 7.27. The Hall–Kier alpha value is -4.41. The van der Waals surface area contributed by atoms with E-state index in [-0.39, 0.29) is 17.7 Å². The standard InChI is InChI=1S/C32H35N3O7/c1-38-28-18-23(19-29(39-2)30(28)40-3)32(37)42-24(20-34-13-15-41-16-14-34)21-35-31(36)26-12-8-7-11-25(26)27(33-35)17-22-9-5-4-6-10-22/h4-12,18-19,24H,13-17,20-21H2,1-3H3. The lowest BCUT2D eigenvalue weighted by Gasteiger charge is -2.30. The van der Waals surface area contributed by atoms with Gasteiger partial charge in [0.2, 0.25) is 5.75 Å². The second-order valence-corrected chi connectivity index (χ2v) is 10.00. The van der Waals surface area contributed by atoms with Gasteiger partial charge in [-0.15, -0.1) is 0 Å².